The van der Waals surface area contributed by atoms with Gasteiger partial charge in [0.15, 0.2) is 0 Å². The molecule has 21 heavy (non-hydrogen) atoms. The van der Waals surface area contributed by atoms with E-state index < -0.39 is 17.3 Å². The Kier molecular flexibility index (Phi) is 5.22. The Balaban J connectivity index is 2.38. The van der Waals surface area contributed by atoms with Crippen LogP contribution in [0.15, 0.2) is 18.2 Å². The van der Waals surface area contributed by atoms with E-state index in [1.807, 2.05) is 6.92 Å². The van der Waals surface area contributed by atoms with Crippen LogP contribution in [0.2, 0.25) is 5.02 Å². The fourth-order valence-electron chi connectivity index (χ4n) is 3.09. The van der Waals surface area contributed by atoms with Gasteiger partial charge in [-0.15, -0.1) is 0 Å². The molecule has 1 aromatic rings. The minimum atomic E-state index is -0.859. The SMILES string of the molecule is CC(CC(=O)O)(c1ccc(F)c(Cl)c1)N1CCCCCC1. The molecule has 0 spiro atoms. The van der Waals surface area contributed by atoms with Crippen LogP contribution in [-0.4, -0.2) is 29.1 Å². The molecule has 116 valence electrons. The lowest BCUT2D eigenvalue weighted by Crippen LogP contribution is -2.46. The van der Waals surface area contributed by atoms with E-state index >= 15 is 0 Å². The zero-order valence-electron chi connectivity index (χ0n) is 12.2. The highest BCUT2D eigenvalue weighted by atomic mass is 35.5. The summed E-state index contributed by atoms with van der Waals surface area (Å²) in [7, 11) is 0. The molecule has 1 atom stereocenters. The van der Waals surface area contributed by atoms with Gasteiger partial charge in [-0.1, -0.05) is 30.5 Å². The molecule has 5 heteroatoms. The first-order valence-electron chi connectivity index (χ1n) is 7.36. The van der Waals surface area contributed by atoms with E-state index in [1.54, 1.807) is 12.1 Å². The highest BCUT2D eigenvalue weighted by Crippen LogP contribution is 2.35. The molecule has 1 aliphatic rings. The van der Waals surface area contributed by atoms with Crippen LogP contribution in [0.25, 0.3) is 0 Å². The van der Waals surface area contributed by atoms with Gasteiger partial charge < -0.3 is 5.11 Å². The van der Waals surface area contributed by atoms with Crippen LogP contribution < -0.4 is 0 Å². The second kappa shape index (κ2) is 6.75. The summed E-state index contributed by atoms with van der Waals surface area (Å²) < 4.78 is 13.4. The first kappa shape index (κ1) is 16.2. The lowest BCUT2D eigenvalue weighted by atomic mass is 9.86. The first-order chi connectivity index (χ1) is 9.93. The molecule has 1 heterocycles. The third-order valence-electron chi connectivity index (χ3n) is 4.34. The van der Waals surface area contributed by atoms with Gasteiger partial charge in [-0.25, -0.2) is 4.39 Å². The van der Waals surface area contributed by atoms with Gasteiger partial charge in [-0.05, 0) is 50.6 Å². The lowest BCUT2D eigenvalue weighted by Gasteiger charge is -2.40. The predicted molar refractivity (Wildman–Crippen MR) is 81.1 cm³/mol. The van der Waals surface area contributed by atoms with Crippen molar-refractivity contribution < 1.29 is 14.3 Å². The largest absolute Gasteiger partial charge is 0.481 e. The summed E-state index contributed by atoms with van der Waals surface area (Å²) in [4.78, 5) is 13.5. The van der Waals surface area contributed by atoms with E-state index in [2.05, 4.69) is 4.90 Å². The maximum absolute atomic E-state index is 13.4. The van der Waals surface area contributed by atoms with Gasteiger partial charge in [-0.3, -0.25) is 9.69 Å². The molecule has 0 amide bonds. The van der Waals surface area contributed by atoms with Crippen molar-refractivity contribution in [2.75, 3.05) is 13.1 Å². The van der Waals surface area contributed by atoms with Gasteiger partial charge in [0.2, 0.25) is 0 Å². The smallest absolute Gasteiger partial charge is 0.305 e. The van der Waals surface area contributed by atoms with Crippen LogP contribution in [0.3, 0.4) is 0 Å². The van der Waals surface area contributed by atoms with Crippen LogP contribution in [0, 0.1) is 5.82 Å². The number of hydrogen-bond donors (Lipinski definition) is 1. The van der Waals surface area contributed by atoms with Crippen molar-refractivity contribution in [3.63, 3.8) is 0 Å². The average Bonchev–Trinajstić information content (AvgIpc) is 2.70. The molecule has 0 saturated carbocycles. The summed E-state index contributed by atoms with van der Waals surface area (Å²) in [6, 6.07) is 4.52. The summed E-state index contributed by atoms with van der Waals surface area (Å²) in [6.45, 7) is 3.63. The van der Waals surface area contributed by atoms with Crippen LogP contribution in [0.4, 0.5) is 4.39 Å². The molecule has 0 aromatic heterocycles. The number of rotatable bonds is 4. The Bertz CT molecular complexity index is 515. The number of likely N-dealkylation sites (tertiary alicyclic amines) is 1. The Labute approximate surface area is 129 Å². The standard InChI is InChI=1S/C16H21ClFNO2/c1-16(11-15(20)21,19-8-4-2-3-5-9-19)12-6-7-14(18)13(17)10-12/h6-7,10H,2-5,8-9,11H2,1H3,(H,20,21). The maximum atomic E-state index is 13.4. The van der Waals surface area contributed by atoms with E-state index in [4.69, 9.17) is 11.6 Å². The molecule has 1 N–H and O–H groups in total. The quantitative estimate of drug-likeness (QED) is 0.912. The molecule has 0 bridgehead atoms. The molecular formula is C16H21ClFNO2. The van der Waals surface area contributed by atoms with Crippen LogP contribution in [-0.2, 0) is 10.3 Å². The number of hydrogen-bond acceptors (Lipinski definition) is 2. The fourth-order valence-corrected chi connectivity index (χ4v) is 3.27. The molecule has 1 unspecified atom stereocenters. The van der Waals surface area contributed by atoms with Crippen LogP contribution in [0.5, 0.6) is 0 Å². The van der Waals surface area contributed by atoms with Crippen molar-refractivity contribution in [2.24, 2.45) is 0 Å². The van der Waals surface area contributed by atoms with E-state index in [0.29, 0.717) is 0 Å². The predicted octanol–water partition coefficient (Wildman–Crippen LogP) is 4.05. The lowest BCUT2D eigenvalue weighted by molar-refractivity contribution is -0.140. The van der Waals surface area contributed by atoms with Crippen molar-refractivity contribution >= 4 is 17.6 Å². The molecular weight excluding hydrogens is 293 g/mol. The Morgan fingerprint density at radius 2 is 1.95 bits per heavy atom. The van der Waals surface area contributed by atoms with Crippen LogP contribution >= 0.6 is 11.6 Å². The van der Waals surface area contributed by atoms with Crippen molar-refractivity contribution in [2.45, 2.75) is 44.6 Å². The van der Waals surface area contributed by atoms with Gasteiger partial charge in [0.1, 0.15) is 5.82 Å². The van der Waals surface area contributed by atoms with Gasteiger partial charge in [0.05, 0.1) is 17.0 Å². The Morgan fingerprint density at radius 1 is 1.33 bits per heavy atom. The normalized spacial score (nSPS) is 19.8. The van der Waals surface area contributed by atoms with Gasteiger partial charge in [-0.2, -0.15) is 0 Å². The molecule has 3 nitrogen and oxygen atoms in total. The second-order valence-corrected chi connectivity index (χ2v) is 6.28. The van der Waals surface area contributed by atoms with E-state index in [1.165, 1.54) is 18.9 Å². The number of aliphatic carboxylic acids is 1. The average molecular weight is 314 g/mol. The fraction of sp³-hybridized carbons (Fsp3) is 0.562. The summed E-state index contributed by atoms with van der Waals surface area (Å²) >= 11 is 5.89. The topological polar surface area (TPSA) is 40.5 Å². The molecule has 2 rings (SSSR count). The van der Waals surface area contributed by atoms with E-state index in [-0.39, 0.29) is 11.4 Å². The number of carboxylic acids is 1. The van der Waals surface area contributed by atoms with E-state index in [0.717, 1.165) is 31.5 Å². The first-order valence-corrected chi connectivity index (χ1v) is 7.73. The highest BCUT2D eigenvalue weighted by Gasteiger charge is 2.36. The Morgan fingerprint density at radius 3 is 2.48 bits per heavy atom. The monoisotopic (exact) mass is 313 g/mol. The van der Waals surface area contributed by atoms with Crippen molar-refractivity contribution in [3.05, 3.63) is 34.6 Å². The van der Waals surface area contributed by atoms with Gasteiger partial charge in [0, 0.05) is 0 Å². The Hall–Kier alpha value is -1.13. The number of halogens is 2. The van der Waals surface area contributed by atoms with Crippen LogP contribution in [0.1, 0.15) is 44.6 Å². The summed E-state index contributed by atoms with van der Waals surface area (Å²) in [5.74, 6) is -1.34. The number of carbonyl (C=O) groups is 1. The molecule has 1 fully saturated rings. The third kappa shape index (κ3) is 3.74. The number of nitrogens with zero attached hydrogens (tertiary/aromatic N) is 1. The summed E-state index contributed by atoms with van der Waals surface area (Å²) in [6.07, 6.45) is 4.44. The van der Waals surface area contributed by atoms with Gasteiger partial charge >= 0.3 is 5.97 Å². The van der Waals surface area contributed by atoms with Crippen molar-refractivity contribution in [3.8, 4) is 0 Å². The van der Waals surface area contributed by atoms with Crippen molar-refractivity contribution in [1.29, 1.82) is 0 Å². The third-order valence-corrected chi connectivity index (χ3v) is 4.63. The zero-order chi connectivity index (χ0) is 15.5. The highest BCUT2D eigenvalue weighted by molar-refractivity contribution is 6.30. The van der Waals surface area contributed by atoms with Crippen molar-refractivity contribution in [1.82, 2.24) is 4.90 Å². The molecule has 0 radical (unpaired) electrons. The molecule has 1 aliphatic heterocycles. The number of benzene rings is 1. The minimum Gasteiger partial charge on any atom is -0.481 e. The summed E-state index contributed by atoms with van der Waals surface area (Å²) in [5, 5.41) is 9.34. The maximum Gasteiger partial charge on any atom is 0.305 e. The summed E-state index contributed by atoms with van der Waals surface area (Å²) in [5.41, 5.74) is 0.103. The van der Waals surface area contributed by atoms with Gasteiger partial charge in [0.25, 0.3) is 0 Å². The molecule has 0 aliphatic carbocycles. The van der Waals surface area contributed by atoms with E-state index in [9.17, 15) is 14.3 Å². The minimum absolute atomic E-state index is 0.0189. The zero-order valence-corrected chi connectivity index (χ0v) is 13.0. The molecule has 1 aromatic carbocycles. The second-order valence-electron chi connectivity index (χ2n) is 5.87. The molecule has 1 saturated heterocycles. The number of carboxylic acid groups (broad SMARTS) is 1.